The molecule has 0 aromatic heterocycles. The lowest BCUT2D eigenvalue weighted by atomic mass is 10.1. The van der Waals surface area contributed by atoms with Crippen molar-refractivity contribution >= 4 is 44.8 Å². The SMILES string of the molecule is Cc1cccc(CCCNC(=O)[C@@H](C)N(c2cc(Cl)cc(Cl)c2)S(C)(=O)=O)c1. The van der Waals surface area contributed by atoms with Gasteiger partial charge in [0.15, 0.2) is 0 Å². The van der Waals surface area contributed by atoms with Crippen LogP contribution in [0.4, 0.5) is 5.69 Å². The molecule has 0 aliphatic rings. The fraction of sp³-hybridized carbons (Fsp3) is 0.350. The van der Waals surface area contributed by atoms with Crippen LogP contribution in [-0.2, 0) is 21.2 Å². The fourth-order valence-corrected chi connectivity index (χ4v) is 4.67. The van der Waals surface area contributed by atoms with Gasteiger partial charge in [-0.1, -0.05) is 53.0 Å². The van der Waals surface area contributed by atoms with Crippen LogP contribution in [0.3, 0.4) is 0 Å². The Balaban J connectivity index is 2.03. The maximum absolute atomic E-state index is 12.6. The Kier molecular flexibility index (Phi) is 7.75. The van der Waals surface area contributed by atoms with Gasteiger partial charge in [0.2, 0.25) is 15.9 Å². The second-order valence-corrected chi connectivity index (χ2v) is 9.48. The predicted octanol–water partition coefficient (Wildman–Crippen LogP) is 4.21. The predicted molar refractivity (Wildman–Crippen MR) is 116 cm³/mol. The zero-order chi connectivity index (χ0) is 20.9. The van der Waals surface area contributed by atoms with E-state index in [1.54, 1.807) is 0 Å². The highest BCUT2D eigenvalue weighted by molar-refractivity contribution is 7.92. The maximum atomic E-state index is 12.6. The second kappa shape index (κ2) is 9.63. The number of aryl methyl sites for hydroxylation is 2. The van der Waals surface area contributed by atoms with Gasteiger partial charge in [0.1, 0.15) is 6.04 Å². The van der Waals surface area contributed by atoms with Crippen molar-refractivity contribution in [3.8, 4) is 0 Å². The number of carbonyl (C=O) groups excluding carboxylic acids is 1. The van der Waals surface area contributed by atoms with Crippen LogP contribution in [0.2, 0.25) is 10.0 Å². The Labute approximate surface area is 176 Å². The number of benzene rings is 2. The molecule has 1 N–H and O–H groups in total. The lowest BCUT2D eigenvalue weighted by molar-refractivity contribution is -0.121. The molecule has 2 aromatic rings. The van der Waals surface area contributed by atoms with Gasteiger partial charge in [-0.25, -0.2) is 8.42 Å². The summed E-state index contributed by atoms with van der Waals surface area (Å²) in [5, 5.41) is 3.39. The lowest BCUT2D eigenvalue weighted by Gasteiger charge is -2.28. The van der Waals surface area contributed by atoms with Crippen molar-refractivity contribution in [1.29, 1.82) is 0 Å². The van der Waals surface area contributed by atoms with E-state index >= 15 is 0 Å². The first-order valence-electron chi connectivity index (χ1n) is 8.86. The molecule has 1 amide bonds. The number of halogens is 2. The van der Waals surface area contributed by atoms with E-state index in [2.05, 4.69) is 11.4 Å². The Morgan fingerprint density at radius 1 is 1.14 bits per heavy atom. The highest BCUT2D eigenvalue weighted by atomic mass is 35.5. The van der Waals surface area contributed by atoms with Gasteiger partial charge < -0.3 is 5.32 Å². The van der Waals surface area contributed by atoms with Gasteiger partial charge >= 0.3 is 0 Å². The smallest absolute Gasteiger partial charge is 0.243 e. The Hall–Kier alpha value is -1.76. The van der Waals surface area contributed by atoms with E-state index < -0.39 is 16.1 Å². The average Bonchev–Trinajstić information content (AvgIpc) is 2.56. The summed E-state index contributed by atoms with van der Waals surface area (Å²) in [6, 6.07) is 11.7. The second-order valence-electron chi connectivity index (χ2n) is 6.75. The molecule has 0 heterocycles. The maximum Gasteiger partial charge on any atom is 0.243 e. The average molecular weight is 443 g/mol. The molecule has 0 saturated heterocycles. The fourth-order valence-electron chi connectivity index (χ4n) is 2.99. The van der Waals surface area contributed by atoms with Gasteiger partial charge in [-0.05, 0) is 50.5 Å². The topological polar surface area (TPSA) is 66.5 Å². The molecule has 0 bridgehead atoms. The van der Waals surface area contributed by atoms with E-state index in [1.807, 2.05) is 25.1 Å². The van der Waals surface area contributed by atoms with E-state index in [4.69, 9.17) is 23.2 Å². The van der Waals surface area contributed by atoms with Crippen molar-refractivity contribution in [2.24, 2.45) is 0 Å². The third kappa shape index (κ3) is 6.40. The van der Waals surface area contributed by atoms with Crippen LogP contribution in [0, 0.1) is 6.92 Å². The summed E-state index contributed by atoms with van der Waals surface area (Å²) in [6.07, 6.45) is 2.63. The summed E-state index contributed by atoms with van der Waals surface area (Å²) in [7, 11) is -3.72. The number of sulfonamides is 1. The minimum Gasteiger partial charge on any atom is -0.354 e. The third-order valence-corrected chi connectivity index (χ3v) is 5.89. The van der Waals surface area contributed by atoms with Crippen LogP contribution in [0.15, 0.2) is 42.5 Å². The molecule has 0 aliphatic carbocycles. The van der Waals surface area contributed by atoms with Gasteiger partial charge in [0.05, 0.1) is 11.9 Å². The molecule has 0 radical (unpaired) electrons. The van der Waals surface area contributed by atoms with Crippen molar-refractivity contribution in [2.75, 3.05) is 17.1 Å². The molecule has 2 rings (SSSR count). The molecular formula is C20H24Cl2N2O3S. The molecule has 152 valence electrons. The van der Waals surface area contributed by atoms with Gasteiger partial charge in [0, 0.05) is 16.6 Å². The standard InChI is InChI=1S/C20H24Cl2N2O3S/c1-14-6-4-7-16(10-14)8-5-9-23-20(25)15(2)24(28(3,26)27)19-12-17(21)11-18(22)13-19/h4,6-7,10-13,15H,5,8-9H2,1-3H3,(H,23,25)/t15-/m1/s1. The van der Waals surface area contributed by atoms with Gasteiger partial charge in [-0.2, -0.15) is 0 Å². The van der Waals surface area contributed by atoms with Crippen LogP contribution in [0.1, 0.15) is 24.5 Å². The molecule has 8 heteroatoms. The molecular weight excluding hydrogens is 419 g/mol. The minimum absolute atomic E-state index is 0.252. The number of amides is 1. The Bertz CT molecular complexity index is 928. The van der Waals surface area contributed by atoms with Gasteiger partial charge in [0.25, 0.3) is 0 Å². The minimum atomic E-state index is -3.72. The third-order valence-electron chi connectivity index (χ3n) is 4.21. The number of anilines is 1. The molecule has 2 aromatic carbocycles. The molecule has 0 unspecified atom stereocenters. The number of hydrogen-bond acceptors (Lipinski definition) is 3. The Morgan fingerprint density at radius 3 is 2.36 bits per heavy atom. The van der Waals surface area contributed by atoms with Crippen molar-refractivity contribution in [3.63, 3.8) is 0 Å². The van der Waals surface area contributed by atoms with Crippen LogP contribution in [0.5, 0.6) is 0 Å². The van der Waals surface area contributed by atoms with E-state index in [0.717, 1.165) is 23.4 Å². The molecule has 0 aliphatic heterocycles. The zero-order valence-corrected chi connectivity index (χ0v) is 18.4. The summed E-state index contributed by atoms with van der Waals surface area (Å²) >= 11 is 12.0. The number of hydrogen-bond donors (Lipinski definition) is 1. The van der Waals surface area contributed by atoms with Crippen molar-refractivity contribution in [1.82, 2.24) is 5.32 Å². The molecule has 5 nitrogen and oxygen atoms in total. The zero-order valence-electron chi connectivity index (χ0n) is 16.1. The highest BCUT2D eigenvalue weighted by Crippen LogP contribution is 2.28. The Morgan fingerprint density at radius 2 is 1.79 bits per heavy atom. The van der Waals surface area contributed by atoms with Crippen molar-refractivity contribution < 1.29 is 13.2 Å². The van der Waals surface area contributed by atoms with Crippen molar-refractivity contribution in [3.05, 3.63) is 63.6 Å². The normalized spacial score (nSPS) is 12.5. The molecule has 1 atom stereocenters. The van der Waals surface area contributed by atoms with Gasteiger partial charge in [-0.3, -0.25) is 9.10 Å². The van der Waals surface area contributed by atoms with Crippen LogP contribution in [-0.4, -0.2) is 33.2 Å². The number of nitrogens with one attached hydrogen (secondary N) is 1. The number of rotatable bonds is 8. The lowest BCUT2D eigenvalue weighted by Crippen LogP contribution is -2.48. The van der Waals surface area contributed by atoms with E-state index in [-0.39, 0.29) is 11.6 Å². The van der Waals surface area contributed by atoms with Crippen LogP contribution >= 0.6 is 23.2 Å². The first-order valence-corrected chi connectivity index (χ1v) is 11.5. The van der Waals surface area contributed by atoms with E-state index in [9.17, 15) is 13.2 Å². The monoisotopic (exact) mass is 442 g/mol. The summed E-state index contributed by atoms with van der Waals surface area (Å²) in [5.74, 6) is -0.384. The van der Waals surface area contributed by atoms with Crippen molar-refractivity contribution in [2.45, 2.75) is 32.7 Å². The number of carbonyl (C=O) groups is 1. The quantitative estimate of drug-likeness (QED) is 0.622. The molecule has 28 heavy (non-hydrogen) atoms. The summed E-state index contributed by atoms with van der Waals surface area (Å²) < 4.78 is 25.6. The first-order chi connectivity index (χ1) is 13.1. The molecule has 0 spiro atoms. The summed E-state index contributed by atoms with van der Waals surface area (Å²) in [4.78, 5) is 12.6. The summed E-state index contributed by atoms with van der Waals surface area (Å²) in [6.45, 7) is 4.02. The summed E-state index contributed by atoms with van der Waals surface area (Å²) in [5.41, 5.74) is 2.65. The highest BCUT2D eigenvalue weighted by Gasteiger charge is 2.29. The largest absolute Gasteiger partial charge is 0.354 e. The molecule has 0 saturated carbocycles. The van der Waals surface area contributed by atoms with Crippen LogP contribution in [0.25, 0.3) is 0 Å². The van der Waals surface area contributed by atoms with E-state index in [1.165, 1.54) is 36.2 Å². The number of nitrogens with zero attached hydrogens (tertiary/aromatic N) is 1. The van der Waals surface area contributed by atoms with Crippen LogP contribution < -0.4 is 9.62 Å². The first kappa shape index (κ1) is 22.5. The van der Waals surface area contributed by atoms with Gasteiger partial charge in [-0.15, -0.1) is 0 Å². The molecule has 0 fully saturated rings. The van der Waals surface area contributed by atoms with E-state index in [0.29, 0.717) is 16.6 Å².